The molecule has 1 heterocycles. The molecule has 2 atom stereocenters. The second-order valence-corrected chi connectivity index (χ2v) is 8.04. The van der Waals surface area contributed by atoms with E-state index in [1.807, 2.05) is 18.2 Å². The van der Waals surface area contributed by atoms with Gasteiger partial charge in [-0.15, -0.1) is 18.3 Å². The van der Waals surface area contributed by atoms with Crippen LogP contribution in [0, 0.1) is 5.41 Å². The van der Waals surface area contributed by atoms with Crippen LogP contribution in [0.2, 0.25) is 0 Å². The number of carbonyl (C=O) groups is 2. The van der Waals surface area contributed by atoms with Gasteiger partial charge in [0.05, 0.1) is 18.2 Å². The zero-order valence-electron chi connectivity index (χ0n) is 17.3. The number of nitrogens with one attached hydrogen (secondary N) is 1. The van der Waals surface area contributed by atoms with E-state index >= 15 is 0 Å². The summed E-state index contributed by atoms with van der Waals surface area (Å²) in [6, 6.07) is 0.248. The minimum absolute atomic E-state index is 0.248. The third-order valence-electron chi connectivity index (χ3n) is 4.32. The molecule has 1 aliphatic rings. The summed E-state index contributed by atoms with van der Waals surface area (Å²) in [7, 11) is 1.32. The van der Waals surface area contributed by atoms with Gasteiger partial charge in [-0.1, -0.05) is 44.2 Å². The van der Waals surface area contributed by atoms with Crippen molar-refractivity contribution >= 4 is 28.9 Å². The van der Waals surface area contributed by atoms with Crippen LogP contribution in [0.15, 0.2) is 42.0 Å². The predicted molar refractivity (Wildman–Crippen MR) is 116 cm³/mol. The fraction of sp³-hybridized carbons (Fsp3) is 0.571. The Morgan fingerprint density at radius 1 is 1.36 bits per heavy atom. The highest BCUT2D eigenvalue weighted by Gasteiger charge is 2.39. The molecule has 6 nitrogen and oxygen atoms in total. The highest BCUT2D eigenvalue weighted by atomic mass is 32.2. The van der Waals surface area contributed by atoms with E-state index < -0.39 is 11.5 Å². The van der Waals surface area contributed by atoms with Crippen LogP contribution in [0.5, 0.6) is 0 Å². The lowest BCUT2D eigenvalue weighted by atomic mass is 9.85. The van der Waals surface area contributed by atoms with Gasteiger partial charge in [0.25, 0.3) is 0 Å². The molecular weight excluding hydrogens is 376 g/mol. The molecule has 1 unspecified atom stereocenters. The lowest BCUT2D eigenvalue weighted by Gasteiger charge is -2.32. The smallest absolute Gasteiger partial charge is 0.407 e. The van der Waals surface area contributed by atoms with Gasteiger partial charge in [-0.2, -0.15) is 0 Å². The Kier molecular flexibility index (Phi) is 10.7. The second-order valence-electron chi connectivity index (χ2n) is 7.03. The van der Waals surface area contributed by atoms with Gasteiger partial charge in [0.2, 0.25) is 0 Å². The molecule has 0 bridgehead atoms. The third kappa shape index (κ3) is 8.33. The molecule has 156 valence electrons. The summed E-state index contributed by atoms with van der Waals surface area (Å²) in [4.78, 5) is 27.6. The maximum Gasteiger partial charge on any atom is 0.407 e. The number of esters is 1. The quantitative estimate of drug-likeness (QED) is 0.408. The number of aliphatic imine (C=N–C) groups is 1. The maximum atomic E-state index is 11.6. The highest BCUT2D eigenvalue weighted by molar-refractivity contribution is 8.14. The molecule has 0 radical (unpaired) electrons. The van der Waals surface area contributed by atoms with Crippen molar-refractivity contribution in [3.05, 3.63) is 37.0 Å². The van der Waals surface area contributed by atoms with E-state index in [9.17, 15) is 9.59 Å². The molecule has 0 fully saturated rings. The van der Waals surface area contributed by atoms with Gasteiger partial charge in [0.15, 0.2) is 0 Å². The zero-order chi connectivity index (χ0) is 21.0. The number of nitrogens with zero attached hydrogens (tertiary/aromatic N) is 1. The number of hydrogen-bond acceptors (Lipinski definition) is 6. The Balaban J connectivity index is 2.73. The molecule has 7 heteroatoms. The van der Waals surface area contributed by atoms with Crippen LogP contribution < -0.4 is 5.32 Å². The van der Waals surface area contributed by atoms with Gasteiger partial charge in [0.1, 0.15) is 6.10 Å². The van der Waals surface area contributed by atoms with Crippen LogP contribution in [-0.4, -0.2) is 48.7 Å². The van der Waals surface area contributed by atoms with Crippen molar-refractivity contribution < 1.29 is 19.1 Å². The first-order chi connectivity index (χ1) is 13.3. The number of carbonyl (C=O) groups excluding carboxylic acids is 2. The van der Waals surface area contributed by atoms with E-state index in [2.05, 4.69) is 42.6 Å². The van der Waals surface area contributed by atoms with Crippen LogP contribution in [0.3, 0.4) is 0 Å². The number of hydrogen-bond donors (Lipinski definition) is 1. The van der Waals surface area contributed by atoms with Crippen molar-refractivity contribution in [2.24, 2.45) is 10.4 Å². The lowest BCUT2D eigenvalue weighted by Crippen LogP contribution is -2.38. The molecule has 0 saturated heterocycles. The van der Waals surface area contributed by atoms with Crippen LogP contribution in [0.4, 0.5) is 4.79 Å². The first kappa shape index (κ1) is 24.0. The van der Waals surface area contributed by atoms with Crippen LogP contribution in [0.1, 0.15) is 40.0 Å². The number of amides is 1. The summed E-state index contributed by atoms with van der Waals surface area (Å²) >= 11 is 1.73. The van der Waals surface area contributed by atoms with Crippen LogP contribution in [-0.2, 0) is 14.3 Å². The first-order valence-electron chi connectivity index (χ1n) is 9.42. The van der Waals surface area contributed by atoms with Crippen LogP contribution >= 0.6 is 11.8 Å². The number of ether oxygens (including phenoxy) is 2. The molecule has 0 aromatic carbocycles. The van der Waals surface area contributed by atoms with E-state index in [0.717, 1.165) is 23.6 Å². The third-order valence-corrected chi connectivity index (χ3v) is 5.78. The fourth-order valence-corrected chi connectivity index (χ4v) is 3.97. The summed E-state index contributed by atoms with van der Waals surface area (Å²) in [5.74, 6) is 0.620. The molecule has 1 aliphatic heterocycles. The van der Waals surface area contributed by atoms with E-state index in [4.69, 9.17) is 9.73 Å². The summed E-state index contributed by atoms with van der Waals surface area (Å²) in [5, 5.41) is 3.59. The molecule has 0 aromatic heterocycles. The van der Waals surface area contributed by atoms with E-state index in [1.165, 1.54) is 14.0 Å². The molecule has 0 saturated carbocycles. The van der Waals surface area contributed by atoms with Gasteiger partial charge in [0, 0.05) is 31.1 Å². The Labute approximate surface area is 172 Å². The monoisotopic (exact) mass is 408 g/mol. The van der Waals surface area contributed by atoms with Gasteiger partial charge in [-0.3, -0.25) is 9.79 Å². The van der Waals surface area contributed by atoms with Gasteiger partial charge in [-0.05, 0) is 12.8 Å². The summed E-state index contributed by atoms with van der Waals surface area (Å²) in [6.07, 6.45) is 11.3. The molecule has 1 N–H and O–H groups in total. The number of methoxy groups -OCH3 is 1. The van der Waals surface area contributed by atoms with Gasteiger partial charge in [-0.25, -0.2) is 4.79 Å². The number of allylic oxidation sites excluding steroid dienone is 2. The minimum Gasteiger partial charge on any atom is -0.461 e. The molecule has 1 rings (SSSR count). The normalized spacial score (nSPS) is 18.1. The Morgan fingerprint density at radius 3 is 2.75 bits per heavy atom. The van der Waals surface area contributed by atoms with E-state index in [-0.39, 0.29) is 18.1 Å². The largest absolute Gasteiger partial charge is 0.461 e. The van der Waals surface area contributed by atoms with Crippen molar-refractivity contribution in [1.29, 1.82) is 0 Å². The summed E-state index contributed by atoms with van der Waals surface area (Å²) in [6.45, 7) is 9.60. The Hall–Kier alpha value is -2.02. The lowest BCUT2D eigenvalue weighted by molar-refractivity contribution is -0.149. The van der Waals surface area contributed by atoms with Gasteiger partial charge < -0.3 is 14.8 Å². The summed E-state index contributed by atoms with van der Waals surface area (Å²) in [5.41, 5.74) is -0.393. The van der Waals surface area contributed by atoms with E-state index in [0.29, 0.717) is 13.0 Å². The number of alkyl carbamates (subject to hydrolysis) is 1. The van der Waals surface area contributed by atoms with E-state index in [1.54, 1.807) is 11.8 Å². The standard InChI is InChI=1S/C21H32N2O4S/c1-6-7-8-9-12-17-15-28-19(23-17)21(3,4)18(27-16(2)24)13-10-11-14-22-20(25)26-5/h6,8-11,17-18H,1,7,12-15H2,2-5H3,(H,22,25)/b9-8-,11-10-/t17-,18?/m1/s1. The Morgan fingerprint density at radius 2 is 2.11 bits per heavy atom. The highest BCUT2D eigenvalue weighted by Crippen LogP contribution is 2.37. The van der Waals surface area contributed by atoms with Crippen molar-refractivity contribution in [2.75, 3.05) is 19.4 Å². The van der Waals surface area contributed by atoms with Gasteiger partial charge >= 0.3 is 12.1 Å². The fourth-order valence-electron chi connectivity index (χ4n) is 2.68. The maximum absolute atomic E-state index is 11.6. The van der Waals surface area contributed by atoms with Crippen molar-refractivity contribution in [1.82, 2.24) is 5.32 Å². The first-order valence-corrected chi connectivity index (χ1v) is 10.4. The molecule has 1 amide bonds. The predicted octanol–water partition coefficient (Wildman–Crippen LogP) is 4.28. The number of thioether (sulfide) groups is 1. The molecule has 28 heavy (non-hydrogen) atoms. The minimum atomic E-state index is -0.480. The number of rotatable bonds is 11. The summed E-state index contributed by atoms with van der Waals surface area (Å²) < 4.78 is 10.1. The van der Waals surface area contributed by atoms with Crippen molar-refractivity contribution in [3.63, 3.8) is 0 Å². The second kappa shape index (κ2) is 12.4. The average Bonchev–Trinajstić information content (AvgIpc) is 3.13. The van der Waals surface area contributed by atoms with Crippen LogP contribution in [0.25, 0.3) is 0 Å². The average molecular weight is 409 g/mol. The molecule has 0 spiro atoms. The van der Waals surface area contributed by atoms with Crippen molar-refractivity contribution in [3.8, 4) is 0 Å². The molecular formula is C21H32N2O4S. The van der Waals surface area contributed by atoms with Crippen molar-refractivity contribution in [2.45, 2.75) is 52.2 Å². The molecule has 0 aromatic rings. The topological polar surface area (TPSA) is 77.0 Å². The SMILES string of the molecule is C=CC/C=C\C[C@@H]1CSC(C(C)(C)C(C/C=C\CNC(=O)OC)OC(C)=O)=N1. The molecule has 0 aliphatic carbocycles. The zero-order valence-corrected chi connectivity index (χ0v) is 18.1. The Bertz CT molecular complexity index is 626.